The first-order chi connectivity index (χ1) is 14.6. The van der Waals surface area contributed by atoms with E-state index in [0.717, 1.165) is 71.7 Å². The molecular formula is C25H26N4O. The van der Waals surface area contributed by atoms with E-state index in [2.05, 4.69) is 53.1 Å². The Labute approximate surface area is 177 Å². The van der Waals surface area contributed by atoms with Crippen molar-refractivity contribution in [2.24, 2.45) is 5.92 Å². The number of hydrogen-bond acceptors (Lipinski definition) is 4. The Kier molecular flexibility index (Phi) is 4.78. The number of carbonyl (C=O) groups is 1. The fourth-order valence-electron chi connectivity index (χ4n) is 4.68. The zero-order valence-electron chi connectivity index (χ0n) is 17.3. The summed E-state index contributed by atoms with van der Waals surface area (Å²) in [7, 11) is 2.17. The van der Waals surface area contributed by atoms with Crippen molar-refractivity contribution in [1.29, 1.82) is 0 Å². The van der Waals surface area contributed by atoms with Gasteiger partial charge in [-0.15, -0.1) is 5.73 Å². The van der Waals surface area contributed by atoms with E-state index in [9.17, 15) is 4.79 Å². The summed E-state index contributed by atoms with van der Waals surface area (Å²) in [5.74, 6) is 0.479. The Balaban J connectivity index is 1.40. The maximum atomic E-state index is 11.9. The van der Waals surface area contributed by atoms with Crippen molar-refractivity contribution in [3.8, 4) is 0 Å². The number of nitrogens with zero attached hydrogens (tertiary/aromatic N) is 2. The molecule has 2 N–H and O–H groups in total. The van der Waals surface area contributed by atoms with Crippen LogP contribution in [0.15, 0.2) is 54.5 Å². The number of carbonyl (C=O) groups excluding carboxylic acids is 1. The molecule has 3 aliphatic rings. The number of fused-ring (bicyclic) bond motifs is 2. The van der Waals surface area contributed by atoms with Crippen molar-refractivity contribution in [3.05, 3.63) is 82.5 Å². The van der Waals surface area contributed by atoms with Crippen LogP contribution in [0.3, 0.4) is 0 Å². The molecule has 1 aromatic carbocycles. The number of allylic oxidation sites excluding steroid dienone is 2. The molecule has 1 aliphatic carbocycles. The van der Waals surface area contributed by atoms with Crippen LogP contribution in [0.1, 0.15) is 45.6 Å². The van der Waals surface area contributed by atoms with E-state index in [0.29, 0.717) is 12.5 Å². The fourth-order valence-corrected chi connectivity index (χ4v) is 4.68. The van der Waals surface area contributed by atoms with E-state index in [1.165, 1.54) is 5.57 Å². The predicted molar refractivity (Wildman–Crippen MR) is 119 cm³/mol. The molecule has 5 rings (SSSR count). The zero-order chi connectivity index (χ0) is 20.7. The highest BCUT2D eigenvalue weighted by Gasteiger charge is 2.24. The van der Waals surface area contributed by atoms with Gasteiger partial charge in [0.15, 0.2) is 0 Å². The third kappa shape index (κ3) is 3.36. The van der Waals surface area contributed by atoms with E-state index in [1.807, 2.05) is 18.3 Å². The van der Waals surface area contributed by atoms with Crippen LogP contribution < -0.4 is 10.6 Å². The molecule has 1 saturated heterocycles. The van der Waals surface area contributed by atoms with Crippen LogP contribution >= 0.6 is 0 Å². The number of nitrogens with one attached hydrogen (secondary N) is 2. The average molecular weight is 399 g/mol. The summed E-state index contributed by atoms with van der Waals surface area (Å²) < 4.78 is 0. The van der Waals surface area contributed by atoms with E-state index in [1.54, 1.807) is 0 Å². The van der Waals surface area contributed by atoms with Gasteiger partial charge in [-0.1, -0.05) is 18.7 Å². The van der Waals surface area contributed by atoms with Crippen LogP contribution in [0.25, 0.3) is 5.57 Å². The van der Waals surface area contributed by atoms with Gasteiger partial charge in [-0.05, 0) is 67.9 Å². The Morgan fingerprint density at radius 3 is 2.90 bits per heavy atom. The quantitative estimate of drug-likeness (QED) is 0.771. The molecule has 152 valence electrons. The van der Waals surface area contributed by atoms with Crippen LogP contribution in [0, 0.1) is 5.92 Å². The molecule has 0 atom stereocenters. The van der Waals surface area contributed by atoms with Crippen molar-refractivity contribution in [2.75, 3.05) is 25.5 Å². The molecule has 30 heavy (non-hydrogen) atoms. The molecule has 5 nitrogen and oxygen atoms in total. The number of pyridine rings is 1. The molecule has 0 saturated carbocycles. The second-order valence-electron chi connectivity index (χ2n) is 8.39. The number of piperidine rings is 1. The standard InChI is InChI=1S/C25H26N4O/c1-3-23(16-8-10-29(2)11-9-16)28-19-13-22-20(6-7-24(22)26-15-19)17-4-5-21-18(12-17)14-27-25(21)30/h4-6,12-13,15-16,28H,1,7-11,14H2,2H3,(H,27,30). The first-order valence-electron chi connectivity index (χ1n) is 10.6. The number of hydrogen-bond donors (Lipinski definition) is 2. The lowest BCUT2D eigenvalue weighted by molar-refractivity contribution is 0.0966. The molecule has 5 heteroatoms. The first kappa shape index (κ1) is 18.9. The molecule has 0 radical (unpaired) electrons. The molecule has 3 heterocycles. The minimum Gasteiger partial charge on any atom is -0.351 e. The number of rotatable bonds is 4. The third-order valence-corrected chi connectivity index (χ3v) is 6.46. The summed E-state index contributed by atoms with van der Waals surface area (Å²) in [6, 6.07) is 8.28. The number of likely N-dealkylation sites (tertiary alicyclic amines) is 1. The smallest absolute Gasteiger partial charge is 0.251 e. The second kappa shape index (κ2) is 7.60. The van der Waals surface area contributed by atoms with Crippen molar-refractivity contribution >= 4 is 17.2 Å². The van der Waals surface area contributed by atoms with E-state index in [4.69, 9.17) is 4.98 Å². The summed E-state index contributed by atoms with van der Waals surface area (Å²) >= 11 is 0. The Bertz CT molecular complexity index is 1100. The third-order valence-electron chi connectivity index (χ3n) is 6.46. The molecule has 1 amide bonds. The van der Waals surface area contributed by atoms with Crippen LogP contribution in [-0.4, -0.2) is 35.9 Å². The van der Waals surface area contributed by atoms with Gasteiger partial charge in [0.1, 0.15) is 0 Å². The highest BCUT2D eigenvalue weighted by Crippen LogP contribution is 2.35. The van der Waals surface area contributed by atoms with Crippen LogP contribution in [0.4, 0.5) is 5.69 Å². The largest absolute Gasteiger partial charge is 0.351 e. The number of benzene rings is 1. The summed E-state index contributed by atoms with van der Waals surface area (Å²) in [5.41, 5.74) is 11.6. The molecule has 2 aromatic rings. The summed E-state index contributed by atoms with van der Waals surface area (Å²) in [6.45, 7) is 6.73. The Morgan fingerprint density at radius 2 is 2.10 bits per heavy atom. The second-order valence-corrected chi connectivity index (χ2v) is 8.39. The highest BCUT2D eigenvalue weighted by atomic mass is 16.1. The van der Waals surface area contributed by atoms with Gasteiger partial charge < -0.3 is 15.5 Å². The van der Waals surface area contributed by atoms with Crippen molar-refractivity contribution in [3.63, 3.8) is 0 Å². The maximum Gasteiger partial charge on any atom is 0.251 e. The molecule has 0 spiro atoms. The minimum atomic E-state index is 0.0168. The highest BCUT2D eigenvalue weighted by molar-refractivity contribution is 5.99. The molecule has 1 fully saturated rings. The topological polar surface area (TPSA) is 57.3 Å². The van der Waals surface area contributed by atoms with Gasteiger partial charge in [0.05, 0.1) is 23.3 Å². The molecule has 0 unspecified atom stereocenters. The van der Waals surface area contributed by atoms with Crippen molar-refractivity contribution in [2.45, 2.75) is 25.8 Å². The van der Waals surface area contributed by atoms with Gasteiger partial charge >= 0.3 is 0 Å². The Morgan fingerprint density at radius 1 is 1.27 bits per heavy atom. The lowest BCUT2D eigenvalue weighted by atomic mass is 9.93. The molecule has 2 aliphatic heterocycles. The summed E-state index contributed by atoms with van der Waals surface area (Å²) in [4.78, 5) is 18.9. The molecule has 1 aromatic heterocycles. The first-order valence-corrected chi connectivity index (χ1v) is 10.6. The average Bonchev–Trinajstić information content (AvgIpc) is 3.35. The number of amides is 1. The van der Waals surface area contributed by atoms with Crippen molar-refractivity contribution in [1.82, 2.24) is 15.2 Å². The van der Waals surface area contributed by atoms with Gasteiger partial charge in [0.2, 0.25) is 0 Å². The zero-order valence-corrected chi connectivity index (χ0v) is 17.3. The van der Waals surface area contributed by atoms with Gasteiger partial charge in [-0.2, -0.15) is 0 Å². The Hall–Kier alpha value is -3.14. The molecular weight excluding hydrogens is 372 g/mol. The SMILES string of the molecule is C=C=C(Nc1cnc2c(c1)C(c1ccc3c(c1)CNC3=O)=CC2)C1CCN(C)CC1. The van der Waals surface area contributed by atoms with Crippen molar-refractivity contribution < 1.29 is 4.79 Å². The van der Waals surface area contributed by atoms with Gasteiger partial charge in [-0.25, -0.2) is 0 Å². The lowest BCUT2D eigenvalue weighted by Crippen LogP contribution is -2.32. The van der Waals surface area contributed by atoms with Gasteiger partial charge in [0, 0.05) is 30.0 Å². The monoisotopic (exact) mass is 398 g/mol. The van der Waals surface area contributed by atoms with Crippen LogP contribution in [0.2, 0.25) is 0 Å². The van der Waals surface area contributed by atoms with E-state index < -0.39 is 0 Å². The normalized spacial score (nSPS) is 18.3. The van der Waals surface area contributed by atoms with Gasteiger partial charge in [-0.3, -0.25) is 9.78 Å². The van der Waals surface area contributed by atoms with Crippen LogP contribution in [0.5, 0.6) is 0 Å². The minimum absolute atomic E-state index is 0.0168. The lowest BCUT2D eigenvalue weighted by Gasteiger charge is -2.30. The van der Waals surface area contributed by atoms with E-state index in [-0.39, 0.29) is 5.91 Å². The number of aromatic nitrogens is 1. The van der Waals surface area contributed by atoms with Gasteiger partial charge in [0.25, 0.3) is 5.91 Å². The summed E-state index contributed by atoms with van der Waals surface area (Å²) in [6.07, 6.45) is 7.21. The number of anilines is 1. The predicted octanol–water partition coefficient (Wildman–Crippen LogP) is 3.74. The fraction of sp³-hybridized carbons (Fsp3) is 0.320. The molecule has 0 bridgehead atoms. The maximum absolute atomic E-state index is 11.9. The van der Waals surface area contributed by atoms with E-state index >= 15 is 0 Å². The van der Waals surface area contributed by atoms with Crippen LogP contribution in [-0.2, 0) is 13.0 Å². The summed E-state index contributed by atoms with van der Waals surface area (Å²) in [5, 5.41) is 6.44.